The number of carbonyl (C=O) groups is 2. The molecule has 0 saturated heterocycles. The molecule has 1 heterocycles. The van der Waals surface area contributed by atoms with Crippen molar-refractivity contribution >= 4 is 23.1 Å². The molecule has 5 nitrogen and oxygen atoms in total. The average molecular weight is 290 g/mol. The molecule has 0 amide bonds. The Balaban J connectivity index is 2.08. The number of rotatable bonds is 5. The summed E-state index contributed by atoms with van der Waals surface area (Å²) in [6.07, 6.45) is 0. The lowest BCUT2D eigenvalue weighted by molar-refractivity contribution is -0.254. The van der Waals surface area contributed by atoms with Crippen LogP contribution in [0.2, 0.25) is 0 Å². The standard InChI is InChI=1S/C14H13NO4S/c1-8-5-3-4-6-11(8)19-7-10(16)13-15-9(2)12(20-13)14(17)18/h3-6H,7H2,1-2H3,(H,17,18)/p-1. The summed E-state index contributed by atoms with van der Waals surface area (Å²) in [5, 5.41) is 10.9. The number of para-hydroxylation sites is 1. The van der Waals surface area contributed by atoms with Gasteiger partial charge in [0.25, 0.3) is 0 Å². The molecule has 104 valence electrons. The second kappa shape index (κ2) is 5.83. The second-order valence-corrected chi connectivity index (χ2v) is 5.20. The topological polar surface area (TPSA) is 79.3 Å². The third-order valence-electron chi connectivity index (χ3n) is 2.67. The van der Waals surface area contributed by atoms with Crippen LogP contribution in [-0.2, 0) is 0 Å². The van der Waals surface area contributed by atoms with Crippen LogP contribution < -0.4 is 9.84 Å². The van der Waals surface area contributed by atoms with Gasteiger partial charge in [-0.25, -0.2) is 4.98 Å². The van der Waals surface area contributed by atoms with Gasteiger partial charge < -0.3 is 14.6 Å². The Hall–Kier alpha value is -2.21. The van der Waals surface area contributed by atoms with E-state index in [1.54, 1.807) is 6.07 Å². The van der Waals surface area contributed by atoms with Gasteiger partial charge in [-0.1, -0.05) is 18.2 Å². The molecule has 0 aliphatic carbocycles. The highest BCUT2D eigenvalue weighted by Gasteiger charge is 2.16. The highest BCUT2D eigenvalue weighted by Crippen LogP contribution is 2.19. The van der Waals surface area contributed by atoms with Crippen LogP contribution in [0.4, 0.5) is 0 Å². The van der Waals surface area contributed by atoms with Crippen molar-refractivity contribution in [1.29, 1.82) is 0 Å². The van der Waals surface area contributed by atoms with Gasteiger partial charge in [0.05, 0.1) is 16.5 Å². The summed E-state index contributed by atoms with van der Waals surface area (Å²) in [6.45, 7) is 3.23. The zero-order valence-corrected chi connectivity index (χ0v) is 11.8. The van der Waals surface area contributed by atoms with Crippen LogP contribution in [0.1, 0.15) is 30.7 Å². The lowest BCUT2D eigenvalue weighted by atomic mass is 10.2. The minimum atomic E-state index is -1.32. The van der Waals surface area contributed by atoms with Crippen LogP contribution in [0.5, 0.6) is 5.75 Å². The number of thiazole rings is 1. The number of aromatic nitrogens is 1. The molecule has 6 heteroatoms. The lowest BCUT2D eigenvalue weighted by Crippen LogP contribution is -2.21. The van der Waals surface area contributed by atoms with E-state index in [9.17, 15) is 14.7 Å². The van der Waals surface area contributed by atoms with E-state index in [-0.39, 0.29) is 28.0 Å². The van der Waals surface area contributed by atoms with E-state index in [1.165, 1.54) is 6.92 Å². The van der Waals surface area contributed by atoms with Crippen molar-refractivity contribution in [3.8, 4) is 5.75 Å². The molecule has 0 fully saturated rings. The smallest absolute Gasteiger partial charge is 0.228 e. The fourth-order valence-electron chi connectivity index (χ4n) is 1.63. The van der Waals surface area contributed by atoms with Crippen LogP contribution in [0.15, 0.2) is 24.3 Å². The maximum Gasteiger partial charge on any atom is 0.228 e. The first-order valence-corrected chi connectivity index (χ1v) is 6.71. The van der Waals surface area contributed by atoms with E-state index in [1.807, 2.05) is 25.1 Å². The number of nitrogens with zero attached hydrogens (tertiary/aromatic N) is 1. The van der Waals surface area contributed by atoms with Gasteiger partial charge in [-0.15, -0.1) is 11.3 Å². The number of carboxylic acids is 1. The fraction of sp³-hybridized carbons (Fsp3) is 0.214. The van der Waals surface area contributed by atoms with Crippen molar-refractivity contribution in [2.75, 3.05) is 6.61 Å². The Morgan fingerprint density at radius 3 is 2.60 bits per heavy atom. The zero-order chi connectivity index (χ0) is 14.7. The number of Topliss-reactive ketones (excluding diaryl/α,β-unsaturated/α-hetero) is 1. The minimum Gasteiger partial charge on any atom is -0.544 e. The van der Waals surface area contributed by atoms with E-state index < -0.39 is 5.97 Å². The maximum absolute atomic E-state index is 11.9. The van der Waals surface area contributed by atoms with Crippen LogP contribution >= 0.6 is 11.3 Å². The molecule has 0 atom stereocenters. The zero-order valence-electron chi connectivity index (χ0n) is 11.0. The first-order chi connectivity index (χ1) is 9.49. The highest BCUT2D eigenvalue weighted by atomic mass is 32.1. The number of ether oxygens (including phenoxy) is 1. The molecule has 2 aromatic rings. The van der Waals surface area contributed by atoms with Crippen molar-refractivity contribution in [2.45, 2.75) is 13.8 Å². The van der Waals surface area contributed by atoms with E-state index in [2.05, 4.69) is 4.98 Å². The van der Waals surface area contributed by atoms with E-state index in [0.717, 1.165) is 16.9 Å². The Bertz CT molecular complexity index is 663. The summed E-state index contributed by atoms with van der Waals surface area (Å²) in [4.78, 5) is 26.6. The molecule has 0 aliphatic rings. The summed E-state index contributed by atoms with van der Waals surface area (Å²) >= 11 is 0.812. The molecular formula is C14H12NO4S-. The molecule has 1 aromatic heterocycles. The maximum atomic E-state index is 11.9. The molecule has 0 spiro atoms. The van der Waals surface area contributed by atoms with Crippen LogP contribution in [0.3, 0.4) is 0 Å². The molecule has 2 rings (SSSR count). The average Bonchev–Trinajstić information content (AvgIpc) is 2.80. The van der Waals surface area contributed by atoms with Gasteiger partial charge >= 0.3 is 0 Å². The van der Waals surface area contributed by atoms with Gasteiger partial charge in [0, 0.05) is 0 Å². The van der Waals surface area contributed by atoms with E-state index in [4.69, 9.17) is 4.74 Å². The molecule has 0 radical (unpaired) electrons. The molecule has 1 aromatic carbocycles. The first kappa shape index (κ1) is 14.2. The molecule has 0 unspecified atom stereocenters. The Labute approximate surface area is 119 Å². The number of hydrogen-bond donors (Lipinski definition) is 0. The van der Waals surface area contributed by atoms with E-state index >= 15 is 0 Å². The highest BCUT2D eigenvalue weighted by molar-refractivity contribution is 7.15. The third-order valence-corrected chi connectivity index (χ3v) is 3.85. The minimum absolute atomic E-state index is 0.0239. The van der Waals surface area contributed by atoms with Gasteiger partial charge in [-0.2, -0.15) is 0 Å². The predicted molar refractivity (Wildman–Crippen MR) is 72.2 cm³/mol. The van der Waals surface area contributed by atoms with E-state index in [0.29, 0.717) is 5.75 Å². The Kier molecular flexibility index (Phi) is 4.14. The second-order valence-electron chi connectivity index (χ2n) is 4.20. The number of carboxylic acid groups (broad SMARTS) is 1. The quantitative estimate of drug-likeness (QED) is 0.777. The number of carbonyl (C=O) groups excluding carboxylic acids is 2. The molecule has 0 saturated carbocycles. The van der Waals surface area contributed by atoms with Crippen molar-refractivity contribution in [3.63, 3.8) is 0 Å². The van der Waals surface area contributed by atoms with Gasteiger partial charge in [-0.05, 0) is 25.5 Å². The number of benzene rings is 1. The van der Waals surface area contributed by atoms with Crippen molar-refractivity contribution < 1.29 is 19.4 Å². The number of ketones is 1. The van der Waals surface area contributed by atoms with Gasteiger partial charge in [0.1, 0.15) is 5.75 Å². The van der Waals surface area contributed by atoms with Gasteiger partial charge in [0.2, 0.25) is 5.78 Å². The number of aryl methyl sites for hydroxylation is 2. The van der Waals surface area contributed by atoms with Crippen LogP contribution in [-0.4, -0.2) is 23.3 Å². The Morgan fingerprint density at radius 1 is 1.30 bits per heavy atom. The lowest BCUT2D eigenvalue weighted by Gasteiger charge is -2.06. The fourth-order valence-corrected chi connectivity index (χ4v) is 2.45. The molecular weight excluding hydrogens is 278 g/mol. The summed E-state index contributed by atoms with van der Waals surface area (Å²) in [7, 11) is 0. The predicted octanol–water partition coefficient (Wildman–Crippen LogP) is 1.39. The monoisotopic (exact) mass is 290 g/mol. The van der Waals surface area contributed by atoms with Crippen LogP contribution in [0, 0.1) is 13.8 Å². The summed E-state index contributed by atoms with van der Waals surface area (Å²) < 4.78 is 5.42. The van der Waals surface area contributed by atoms with Crippen molar-refractivity contribution in [1.82, 2.24) is 4.98 Å². The first-order valence-electron chi connectivity index (χ1n) is 5.89. The van der Waals surface area contributed by atoms with Crippen LogP contribution in [0.25, 0.3) is 0 Å². The largest absolute Gasteiger partial charge is 0.544 e. The number of aromatic carboxylic acids is 1. The summed E-state index contributed by atoms with van der Waals surface area (Å²) in [5.41, 5.74) is 1.21. The normalized spacial score (nSPS) is 10.3. The molecule has 0 N–H and O–H groups in total. The van der Waals surface area contributed by atoms with Crippen molar-refractivity contribution in [3.05, 3.63) is 45.4 Å². The third kappa shape index (κ3) is 3.03. The summed E-state index contributed by atoms with van der Waals surface area (Å²) in [6, 6.07) is 7.33. The molecule has 20 heavy (non-hydrogen) atoms. The summed E-state index contributed by atoms with van der Waals surface area (Å²) in [5.74, 6) is -1.05. The number of hydrogen-bond acceptors (Lipinski definition) is 6. The van der Waals surface area contributed by atoms with Crippen molar-refractivity contribution in [2.24, 2.45) is 0 Å². The molecule has 0 bridgehead atoms. The molecule has 0 aliphatic heterocycles. The SMILES string of the molecule is Cc1ccccc1OCC(=O)c1nc(C)c(C(=O)[O-])s1. The Morgan fingerprint density at radius 2 is 2.00 bits per heavy atom. The van der Waals surface area contributed by atoms with Gasteiger partial charge in [0.15, 0.2) is 11.6 Å². The van der Waals surface area contributed by atoms with Gasteiger partial charge in [-0.3, -0.25) is 4.79 Å².